The molecule has 2 aromatic carbocycles. The first kappa shape index (κ1) is 20.9. The van der Waals surface area contributed by atoms with Crippen molar-refractivity contribution in [2.24, 2.45) is 5.10 Å². The molecule has 4 rings (SSSR count). The van der Waals surface area contributed by atoms with Crippen LogP contribution in [0, 0.1) is 0 Å². The molecule has 0 spiro atoms. The third-order valence-electron chi connectivity index (χ3n) is 5.73. The fourth-order valence-corrected chi connectivity index (χ4v) is 4.44. The minimum Gasteiger partial charge on any atom is -0.494 e. The summed E-state index contributed by atoms with van der Waals surface area (Å²) in [6, 6.07) is 15.5. The Bertz CT molecular complexity index is 907. The summed E-state index contributed by atoms with van der Waals surface area (Å²) < 4.78 is 5.57. The van der Waals surface area contributed by atoms with Crippen LogP contribution in [0.4, 0.5) is 0 Å². The van der Waals surface area contributed by atoms with E-state index in [4.69, 9.17) is 21.4 Å². The second-order valence-electron chi connectivity index (χ2n) is 7.82. The van der Waals surface area contributed by atoms with Crippen LogP contribution in [-0.4, -0.2) is 47.8 Å². The zero-order valence-electron chi connectivity index (χ0n) is 17.4. The van der Waals surface area contributed by atoms with Crippen molar-refractivity contribution in [2.45, 2.75) is 38.6 Å². The number of hydrogen-bond donors (Lipinski definition) is 0. The molecule has 2 heterocycles. The maximum Gasteiger partial charge on any atom is 0.257 e. The molecule has 0 bridgehead atoms. The Kier molecular flexibility index (Phi) is 6.70. The summed E-state index contributed by atoms with van der Waals surface area (Å²) in [5.41, 5.74) is 2.80. The Morgan fingerprint density at radius 2 is 1.83 bits per heavy atom. The number of amides is 1. The molecule has 158 valence electrons. The highest BCUT2D eigenvalue weighted by Gasteiger charge is 2.34. The first-order valence-electron chi connectivity index (χ1n) is 10.7. The molecule has 2 aliphatic heterocycles. The highest BCUT2D eigenvalue weighted by Crippen LogP contribution is 2.35. The number of carbonyl (C=O) groups is 1. The van der Waals surface area contributed by atoms with Gasteiger partial charge in [0.1, 0.15) is 5.75 Å². The summed E-state index contributed by atoms with van der Waals surface area (Å²) >= 11 is 6.43. The maximum absolute atomic E-state index is 13.2. The van der Waals surface area contributed by atoms with E-state index in [1.807, 2.05) is 55.5 Å². The normalized spacial score (nSPS) is 19.6. The molecule has 5 nitrogen and oxygen atoms in total. The summed E-state index contributed by atoms with van der Waals surface area (Å²) in [5.74, 6) is 0.871. The van der Waals surface area contributed by atoms with Gasteiger partial charge in [-0.15, -0.1) is 0 Å². The SMILES string of the molecule is CCOc1ccc([C@@H]2CC(c3ccccc3Cl)=NN2C(=O)CN2CCCCC2)cc1. The van der Waals surface area contributed by atoms with Crippen LogP contribution in [0.1, 0.15) is 49.8 Å². The minimum atomic E-state index is -0.135. The molecule has 30 heavy (non-hydrogen) atoms. The van der Waals surface area contributed by atoms with Gasteiger partial charge < -0.3 is 4.74 Å². The van der Waals surface area contributed by atoms with Gasteiger partial charge in [0.2, 0.25) is 0 Å². The average Bonchev–Trinajstić information content (AvgIpc) is 3.21. The molecule has 1 atom stereocenters. The number of hydrazone groups is 1. The van der Waals surface area contributed by atoms with Gasteiger partial charge in [-0.2, -0.15) is 5.10 Å². The topological polar surface area (TPSA) is 45.1 Å². The van der Waals surface area contributed by atoms with Gasteiger partial charge >= 0.3 is 0 Å². The van der Waals surface area contributed by atoms with Crippen LogP contribution in [-0.2, 0) is 4.79 Å². The molecule has 1 fully saturated rings. The maximum atomic E-state index is 13.2. The average molecular weight is 426 g/mol. The van der Waals surface area contributed by atoms with E-state index in [2.05, 4.69) is 4.90 Å². The number of benzene rings is 2. The summed E-state index contributed by atoms with van der Waals surface area (Å²) in [5, 5.41) is 7.09. The number of halogens is 1. The number of carbonyl (C=O) groups excluding carboxylic acids is 1. The molecule has 0 unspecified atom stereocenters. The summed E-state index contributed by atoms with van der Waals surface area (Å²) in [7, 11) is 0. The van der Waals surface area contributed by atoms with Gasteiger partial charge in [0.15, 0.2) is 0 Å². The predicted molar refractivity (Wildman–Crippen MR) is 120 cm³/mol. The van der Waals surface area contributed by atoms with Gasteiger partial charge in [0, 0.05) is 17.0 Å². The molecule has 0 radical (unpaired) electrons. The minimum absolute atomic E-state index is 0.0397. The zero-order valence-corrected chi connectivity index (χ0v) is 18.1. The molecular formula is C24H28ClN3O2. The van der Waals surface area contributed by atoms with Crippen LogP contribution in [0.3, 0.4) is 0 Å². The largest absolute Gasteiger partial charge is 0.494 e. The molecule has 0 aromatic heterocycles. The van der Waals surface area contributed by atoms with E-state index in [9.17, 15) is 4.79 Å². The Balaban J connectivity index is 1.60. The molecular weight excluding hydrogens is 398 g/mol. The van der Waals surface area contributed by atoms with Crippen LogP contribution in [0.5, 0.6) is 5.75 Å². The fourth-order valence-electron chi connectivity index (χ4n) is 4.19. The quantitative estimate of drug-likeness (QED) is 0.661. The van der Waals surface area contributed by atoms with Crippen molar-refractivity contribution in [3.8, 4) is 5.75 Å². The van der Waals surface area contributed by atoms with E-state index in [-0.39, 0.29) is 11.9 Å². The highest BCUT2D eigenvalue weighted by molar-refractivity contribution is 6.34. The molecule has 0 aliphatic carbocycles. The smallest absolute Gasteiger partial charge is 0.257 e. The van der Waals surface area contributed by atoms with E-state index in [0.29, 0.717) is 24.6 Å². The van der Waals surface area contributed by atoms with Crippen LogP contribution in [0.15, 0.2) is 53.6 Å². The Hall–Kier alpha value is -2.37. The lowest BCUT2D eigenvalue weighted by Gasteiger charge is -2.29. The number of likely N-dealkylation sites (tertiary alicyclic amines) is 1. The molecule has 6 heteroatoms. The van der Waals surface area contributed by atoms with Crippen LogP contribution in [0.25, 0.3) is 0 Å². The summed E-state index contributed by atoms with van der Waals surface area (Å²) in [4.78, 5) is 15.5. The van der Waals surface area contributed by atoms with E-state index < -0.39 is 0 Å². The zero-order chi connectivity index (χ0) is 20.9. The van der Waals surface area contributed by atoms with Crippen LogP contribution < -0.4 is 4.74 Å². The molecule has 0 N–H and O–H groups in total. The second kappa shape index (κ2) is 9.63. The van der Waals surface area contributed by atoms with Crippen molar-refractivity contribution in [1.29, 1.82) is 0 Å². The first-order chi connectivity index (χ1) is 14.7. The number of nitrogens with zero attached hydrogens (tertiary/aromatic N) is 3. The third kappa shape index (κ3) is 4.68. The molecule has 0 saturated carbocycles. The molecule has 2 aliphatic rings. The summed E-state index contributed by atoms with van der Waals surface area (Å²) in [6.07, 6.45) is 4.20. The molecule has 1 amide bonds. The number of piperidine rings is 1. The lowest BCUT2D eigenvalue weighted by Crippen LogP contribution is -2.40. The summed E-state index contributed by atoms with van der Waals surface area (Å²) in [6.45, 7) is 4.97. The monoisotopic (exact) mass is 425 g/mol. The van der Waals surface area contributed by atoms with Gasteiger partial charge in [-0.05, 0) is 56.6 Å². The van der Waals surface area contributed by atoms with Crippen molar-refractivity contribution >= 4 is 23.2 Å². The third-order valence-corrected chi connectivity index (χ3v) is 6.06. The van der Waals surface area contributed by atoms with E-state index in [1.165, 1.54) is 6.42 Å². The van der Waals surface area contributed by atoms with Crippen molar-refractivity contribution in [3.63, 3.8) is 0 Å². The van der Waals surface area contributed by atoms with Gasteiger partial charge in [-0.3, -0.25) is 9.69 Å². The second-order valence-corrected chi connectivity index (χ2v) is 8.23. The number of hydrogen-bond acceptors (Lipinski definition) is 4. The van der Waals surface area contributed by atoms with Crippen molar-refractivity contribution in [3.05, 3.63) is 64.7 Å². The lowest BCUT2D eigenvalue weighted by atomic mass is 9.98. The van der Waals surface area contributed by atoms with Gasteiger partial charge in [0.05, 0.1) is 24.9 Å². The standard InChI is InChI=1S/C24H28ClN3O2/c1-2-30-19-12-10-18(11-13-19)23-16-22(20-8-4-5-9-21(20)25)26-28(23)24(29)17-27-14-6-3-7-15-27/h4-5,8-13,23H,2-3,6-7,14-17H2,1H3/t23-/m0/s1. The van der Waals surface area contributed by atoms with Crippen LogP contribution in [0.2, 0.25) is 5.02 Å². The van der Waals surface area contributed by atoms with Crippen molar-refractivity contribution in [1.82, 2.24) is 9.91 Å². The van der Waals surface area contributed by atoms with Gasteiger partial charge in [0.25, 0.3) is 5.91 Å². The van der Waals surface area contributed by atoms with Gasteiger partial charge in [-0.25, -0.2) is 5.01 Å². The lowest BCUT2D eigenvalue weighted by molar-refractivity contribution is -0.134. The highest BCUT2D eigenvalue weighted by atomic mass is 35.5. The van der Waals surface area contributed by atoms with E-state index in [1.54, 1.807) is 5.01 Å². The Morgan fingerprint density at radius 1 is 1.10 bits per heavy atom. The van der Waals surface area contributed by atoms with Crippen molar-refractivity contribution in [2.75, 3.05) is 26.2 Å². The fraction of sp³-hybridized carbons (Fsp3) is 0.417. The Morgan fingerprint density at radius 3 is 2.53 bits per heavy atom. The van der Waals surface area contributed by atoms with E-state index >= 15 is 0 Å². The van der Waals surface area contributed by atoms with Gasteiger partial charge in [-0.1, -0.05) is 48.4 Å². The Labute approximate surface area is 183 Å². The molecule has 2 aromatic rings. The number of ether oxygens (including phenoxy) is 1. The van der Waals surface area contributed by atoms with E-state index in [0.717, 1.165) is 48.5 Å². The van der Waals surface area contributed by atoms with Crippen LogP contribution >= 0.6 is 11.6 Å². The first-order valence-corrected chi connectivity index (χ1v) is 11.1. The number of rotatable bonds is 6. The predicted octanol–water partition coefficient (Wildman–Crippen LogP) is 4.90. The molecule has 1 saturated heterocycles. The van der Waals surface area contributed by atoms with Crippen molar-refractivity contribution < 1.29 is 9.53 Å².